The minimum absolute atomic E-state index is 0. The normalized spacial score (nSPS) is 17.8. The van der Waals surface area contributed by atoms with Crippen LogP contribution in [-0.4, -0.2) is 18.6 Å². The fraction of sp³-hybridized carbons (Fsp3) is 0.462. The standard InChI is InChI=1S/C13H17NO2.ClH/c1-2-16-13(15)8-12-7-10-5-3-4-6-11(10)9-14-12;/h3-6,12,14H,2,7-9H2,1H3;1H. The molecule has 2 rings (SSSR count). The largest absolute Gasteiger partial charge is 0.466 e. The summed E-state index contributed by atoms with van der Waals surface area (Å²) >= 11 is 0. The van der Waals surface area contributed by atoms with Crippen LogP contribution in [0, 0.1) is 0 Å². The van der Waals surface area contributed by atoms with Gasteiger partial charge < -0.3 is 10.1 Å². The summed E-state index contributed by atoms with van der Waals surface area (Å²) < 4.78 is 4.95. The highest BCUT2D eigenvalue weighted by Crippen LogP contribution is 2.17. The molecule has 0 spiro atoms. The van der Waals surface area contributed by atoms with Gasteiger partial charge in [0.25, 0.3) is 0 Å². The molecule has 3 nitrogen and oxygen atoms in total. The second-order valence-electron chi connectivity index (χ2n) is 4.06. The smallest absolute Gasteiger partial charge is 0.307 e. The fourth-order valence-electron chi connectivity index (χ4n) is 2.09. The third-order valence-corrected chi connectivity index (χ3v) is 2.88. The molecule has 0 radical (unpaired) electrons. The number of carbonyl (C=O) groups excluding carboxylic acids is 1. The lowest BCUT2D eigenvalue weighted by Crippen LogP contribution is -2.37. The maximum Gasteiger partial charge on any atom is 0.307 e. The summed E-state index contributed by atoms with van der Waals surface area (Å²) in [4.78, 5) is 11.4. The molecule has 1 aromatic carbocycles. The first-order chi connectivity index (χ1) is 7.79. The van der Waals surface area contributed by atoms with E-state index in [1.54, 1.807) is 0 Å². The van der Waals surface area contributed by atoms with Gasteiger partial charge in [-0.15, -0.1) is 12.4 Å². The average Bonchev–Trinajstić information content (AvgIpc) is 2.29. The highest BCUT2D eigenvalue weighted by Gasteiger charge is 2.20. The minimum Gasteiger partial charge on any atom is -0.466 e. The molecule has 94 valence electrons. The van der Waals surface area contributed by atoms with Gasteiger partial charge in [-0.05, 0) is 24.5 Å². The molecular formula is C13H18ClNO2. The van der Waals surface area contributed by atoms with Gasteiger partial charge in [0.05, 0.1) is 13.0 Å². The Morgan fingerprint density at radius 3 is 2.82 bits per heavy atom. The monoisotopic (exact) mass is 255 g/mol. The van der Waals surface area contributed by atoms with E-state index < -0.39 is 0 Å². The van der Waals surface area contributed by atoms with Crippen LogP contribution in [-0.2, 0) is 22.5 Å². The topological polar surface area (TPSA) is 38.3 Å². The molecule has 0 aliphatic carbocycles. The van der Waals surface area contributed by atoms with Gasteiger partial charge in [0.1, 0.15) is 0 Å². The van der Waals surface area contributed by atoms with Gasteiger partial charge in [-0.1, -0.05) is 24.3 Å². The molecule has 4 heteroatoms. The summed E-state index contributed by atoms with van der Waals surface area (Å²) in [6, 6.07) is 8.57. The van der Waals surface area contributed by atoms with Gasteiger partial charge in [0.15, 0.2) is 0 Å². The van der Waals surface area contributed by atoms with Crippen LogP contribution in [0.25, 0.3) is 0 Å². The van der Waals surface area contributed by atoms with Crippen molar-refractivity contribution >= 4 is 18.4 Å². The molecular weight excluding hydrogens is 238 g/mol. The van der Waals surface area contributed by atoms with Gasteiger partial charge in [-0.2, -0.15) is 0 Å². The zero-order valence-corrected chi connectivity index (χ0v) is 10.8. The number of benzene rings is 1. The van der Waals surface area contributed by atoms with Gasteiger partial charge in [0, 0.05) is 12.6 Å². The molecule has 1 heterocycles. The Kier molecular flexibility index (Phi) is 5.45. The SMILES string of the molecule is CCOC(=O)CC1Cc2ccccc2CN1.Cl. The number of hydrogen-bond donors (Lipinski definition) is 1. The maximum absolute atomic E-state index is 11.4. The molecule has 0 saturated heterocycles. The van der Waals surface area contributed by atoms with Crippen molar-refractivity contribution < 1.29 is 9.53 Å². The second-order valence-corrected chi connectivity index (χ2v) is 4.06. The van der Waals surface area contributed by atoms with Crippen molar-refractivity contribution in [1.82, 2.24) is 5.32 Å². The van der Waals surface area contributed by atoms with Crippen LogP contribution in [0.3, 0.4) is 0 Å². The molecule has 0 bridgehead atoms. The van der Waals surface area contributed by atoms with Crippen molar-refractivity contribution in [3.8, 4) is 0 Å². The summed E-state index contributed by atoms with van der Waals surface area (Å²) in [6.07, 6.45) is 1.37. The average molecular weight is 256 g/mol. The third-order valence-electron chi connectivity index (χ3n) is 2.88. The lowest BCUT2D eigenvalue weighted by Gasteiger charge is -2.25. The summed E-state index contributed by atoms with van der Waals surface area (Å²) in [5, 5.41) is 3.36. The van der Waals surface area contributed by atoms with E-state index in [4.69, 9.17) is 4.74 Å². The molecule has 1 aromatic rings. The van der Waals surface area contributed by atoms with Crippen molar-refractivity contribution in [3.63, 3.8) is 0 Å². The maximum atomic E-state index is 11.4. The summed E-state index contributed by atoms with van der Waals surface area (Å²) in [5.74, 6) is -0.112. The number of esters is 1. The van der Waals surface area contributed by atoms with E-state index in [9.17, 15) is 4.79 Å². The van der Waals surface area contributed by atoms with Crippen LogP contribution in [0.15, 0.2) is 24.3 Å². The van der Waals surface area contributed by atoms with Crippen LogP contribution < -0.4 is 5.32 Å². The van der Waals surface area contributed by atoms with Gasteiger partial charge >= 0.3 is 5.97 Å². The Hall–Kier alpha value is -1.06. The molecule has 0 fully saturated rings. The quantitative estimate of drug-likeness (QED) is 0.841. The van der Waals surface area contributed by atoms with E-state index in [2.05, 4.69) is 17.4 Å². The minimum atomic E-state index is -0.112. The van der Waals surface area contributed by atoms with E-state index in [1.807, 2.05) is 19.1 Å². The zero-order valence-electron chi connectivity index (χ0n) is 9.94. The summed E-state index contributed by atoms with van der Waals surface area (Å²) in [6.45, 7) is 3.14. The highest BCUT2D eigenvalue weighted by molar-refractivity contribution is 5.85. The Morgan fingerprint density at radius 1 is 1.41 bits per heavy atom. The Balaban J connectivity index is 0.00000144. The van der Waals surface area contributed by atoms with Crippen molar-refractivity contribution in [2.75, 3.05) is 6.61 Å². The van der Waals surface area contributed by atoms with Crippen LogP contribution in [0.1, 0.15) is 24.5 Å². The first-order valence-electron chi connectivity index (χ1n) is 5.75. The van der Waals surface area contributed by atoms with E-state index >= 15 is 0 Å². The van der Waals surface area contributed by atoms with Gasteiger partial charge in [-0.3, -0.25) is 4.79 Å². The summed E-state index contributed by atoms with van der Waals surface area (Å²) in [7, 11) is 0. The molecule has 0 saturated carbocycles. The molecule has 1 aliphatic rings. The number of rotatable bonds is 3. The van der Waals surface area contributed by atoms with E-state index in [-0.39, 0.29) is 24.4 Å². The highest BCUT2D eigenvalue weighted by atomic mass is 35.5. The number of ether oxygens (including phenoxy) is 1. The predicted octanol–water partition coefficient (Wildman–Crippen LogP) is 2.08. The van der Waals surface area contributed by atoms with Crippen LogP contribution in [0.4, 0.5) is 0 Å². The Labute approximate surface area is 108 Å². The predicted molar refractivity (Wildman–Crippen MR) is 69.3 cm³/mol. The van der Waals surface area contributed by atoms with E-state index in [1.165, 1.54) is 11.1 Å². The molecule has 1 unspecified atom stereocenters. The number of fused-ring (bicyclic) bond motifs is 1. The molecule has 1 N–H and O–H groups in total. The number of carbonyl (C=O) groups is 1. The fourth-order valence-corrected chi connectivity index (χ4v) is 2.09. The Morgan fingerprint density at radius 2 is 2.12 bits per heavy atom. The van der Waals surface area contributed by atoms with E-state index in [0.29, 0.717) is 13.0 Å². The molecule has 17 heavy (non-hydrogen) atoms. The van der Waals surface area contributed by atoms with Crippen molar-refractivity contribution in [1.29, 1.82) is 0 Å². The molecule has 1 aliphatic heterocycles. The van der Waals surface area contributed by atoms with Crippen LogP contribution in [0.5, 0.6) is 0 Å². The van der Waals surface area contributed by atoms with Crippen molar-refractivity contribution in [2.45, 2.75) is 32.4 Å². The lowest BCUT2D eigenvalue weighted by molar-refractivity contribution is -0.143. The van der Waals surface area contributed by atoms with Gasteiger partial charge in [0.2, 0.25) is 0 Å². The van der Waals surface area contributed by atoms with Gasteiger partial charge in [-0.25, -0.2) is 0 Å². The first kappa shape index (κ1) is 14.0. The lowest BCUT2D eigenvalue weighted by atomic mass is 9.94. The molecule has 1 atom stereocenters. The number of nitrogens with one attached hydrogen (secondary N) is 1. The summed E-state index contributed by atoms with van der Waals surface area (Å²) in [5.41, 5.74) is 2.68. The second kappa shape index (κ2) is 6.62. The Bertz CT molecular complexity index is 381. The van der Waals surface area contributed by atoms with Crippen molar-refractivity contribution in [2.24, 2.45) is 0 Å². The van der Waals surface area contributed by atoms with E-state index in [0.717, 1.165) is 13.0 Å². The molecule has 0 aromatic heterocycles. The van der Waals surface area contributed by atoms with Crippen LogP contribution >= 0.6 is 12.4 Å². The third kappa shape index (κ3) is 3.72. The van der Waals surface area contributed by atoms with Crippen molar-refractivity contribution in [3.05, 3.63) is 35.4 Å². The first-order valence-corrected chi connectivity index (χ1v) is 5.75. The zero-order chi connectivity index (χ0) is 11.4. The molecule has 0 amide bonds. The van der Waals surface area contributed by atoms with Crippen LogP contribution in [0.2, 0.25) is 0 Å². The number of hydrogen-bond acceptors (Lipinski definition) is 3. The number of halogens is 1.